The fourth-order valence-electron chi connectivity index (χ4n) is 1.84. The molecule has 0 radical (unpaired) electrons. The van der Waals surface area contributed by atoms with E-state index in [1.807, 2.05) is 6.92 Å². The van der Waals surface area contributed by atoms with Gasteiger partial charge < -0.3 is 15.1 Å². The van der Waals surface area contributed by atoms with Crippen molar-refractivity contribution in [2.24, 2.45) is 0 Å². The van der Waals surface area contributed by atoms with Gasteiger partial charge in [0.05, 0.1) is 0 Å². The van der Waals surface area contributed by atoms with Gasteiger partial charge in [0.15, 0.2) is 15.5 Å². The molecule has 0 aliphatic heterocycles. The molecular weight excluding hydrogens is 394 g/mol. The topological polar surface area (TPSA) is 83.4 Å². The minimum absolute atomic E-state index is 0.110. The second-order valence-corrected chi connectivity index (χ2v) is 6.04. The van der Waals surface area contributed by atoms with Crippen LogP contribution in [0.25, 0.3) is 0 Å². The first-order valence-corrected chi connectivity index (χ1v) is 8.45. The summed E-state index contributed by atoms with van der Waals surface area (Å²) in [7, 11) is 0. The maximum atomic E-state index is 11.9. The molecule has 24 heavy (non-hydrogen) atoms. The minimum Gasteiger partial charge on any atom is -0.444 e. The number of halogens is 1. The summed E-state index contributed by atoms with van der Waals surface area (Å²) in [5, 5.41) is 8.28. The zero-order valence-corrected chi connectivity index (χ0v) is 15.3. The van der Waals surface area contributed by atoms with E-state index in [4.69, 9.17) is 16.6 Å². The van der Waals surface area contributed by atoms with E-state index in [1.165, 1.54) is 6.07 Å². The number of carbonyl (C=O) groups excluding carboxylic acids is 2. The molecule has 0 saturated heterocycles. The van der Waals surface area contributed by atoms with Crippen molar-refractivity contribution in [1.29, 1.82) is 0 Å². The molecule has 0 atom stereocenters. The van der Waals surface area contributed by atoms with E-state index in [2.05, 4.69) is 31.9 Å². The molecule has 1 aromatic heterocycles. The summed E-state index contributed by atoms with van der Waals surface area (Å²) < 4.78 is 5.60. The van der Waals surface area contributed by atoms with Gasteiger partial charge in [-0.2, -0.15) is 0 Å². The molecule has 2 rings (SSSR count). The third-order valence-corrected chi connectivity index (χ3v) is 3.57. The van der Waals surface area contributed by atoms with Crippen LogP contribution < -0.4 is 16.0 Å². The van der Waals surface area contributed by atoms with E-state index in [1.54, 1.807) is 30.3 Å². The molecule has 8 heteroatoms. The van der Waals surface area contributed by atoms with E-state index < -0.39 is 5.91 Å². The molecule has 2 amide bonds. The Morgan fingerprint density at radius 1 is 1.21 bits per heavy atom. The van der Waals surface area contributed by atoms with E-state index in [-0.39, 0.29) is 16.8 Å². The van der Waals surface area contributed by atoms with Gasteiger partial charge in [-0.25, -0.2) is 0 Å². The van der Waals surface area contributed by atoms with Crippen molar-refractivity contribution in [2.75, 3.05) is 11.9 Å². The number of amides is 2. The van der Waals surface area contributed by atoms with Gasteiger partial charge in [0.2, 0.25) is 0 Å². The lowest BCUT2D eigenvalue weighted by molar-refractivity contribution is 0.0943. The number of carbonyl (C=O) groups is 2. The number of hydrogen-bond donors (Lipinski definition) is 3. The molecule has 6 nitrogen and oxygen atoms in total. The molecule has 0 spiro atoms. The summed E-state index contributed by atoms with van der Waals surface area (Å²) in [6, 6.07) is 9.99. The van der Waals surface area contributed by atoms with Crippen molar-refractivity contribution >= 4 is 50.8 Å². The highest BCUT2D eigenvalue weighted by molar-refractivity contribution is 9.10. The van der Waals surface area contributed by atoms with Gasteiger partial charge >= 0.3 is 0 Å². The Bertz CT molecular complexity index is 761. The van der Waals surface area contributed by atoms with Crippen LogP contribution in [0.1, 0.15) is 34.3 Å². The molecule has 0 bridgehead atoms. The van der Waals surface area contributed by atoms with Crippen LogP contribution in [0.5, 0.6) is 0 Å². The number of rotatable bonds is 5. The number of thiocarbonyl (C=S) groups is 1. The van der Waals surface area contributed by atoms with Crippen molar-refractivity contribution in [2.45, 2.75) is 13.3 Å². The molecule has 1 heterocycles. The minimum atomic E-state index is -0.463. The van der Waals surface area contributed by atoms with Crippen LogP contribution in [0, 0.1) is 0 Å². The first-order valence-electron chi connectivity index (χ1n) is 7.25. The predicted octanol–water partition coefficient (Wildman–Crippen LogP) is 3.31. The molecular formula is C16H16BrN3O3S. The van der Waals surface area contributed by atoms with Gasteiger partial charge in [0, 0.05) is 17.8 Å². The third-order valence-electron chi connectivity index (χ3n) is 2.94. The highest BCUT2D eigenvalue weighted by atomic mass is 79.9. The molecule has 3 N–H and O–H groups in total. The fourth-order valence-corrected chi connectivity index (χ4v) is 2.36. The van der Waals surface area contributed by atoms with Gasteiger partial charge in [-0.3, -0.25) is 14.9 Å². The summed E-state index contributed by atoms with van der Waals surface area (Å²) >= 11 is 8.23. The lowest BCUT2D eigenvalue weighted by atomic mass is 10.2. The summed E-state index contributed by atoms with van der Waals surface area (Å²) in [5.41, 5.74) is 1.11. The van der Waals surface area contributed by atoms with Crippen LogP contribution in [-0.2, 0) is 0 Å². The number of anilines is 1. The van der Waals surface area contributed by atoms with Crippen molar-refractivity contribution < 1.29 is 14.0 Å². The van der Waals surface area contributed by atoms with E-state index >= 15 is 0 Å². The molecule has 1 aromatic carbocycles. The molecule has 0 saturated carbocycles. The standard InChI is InChI=1S/C16H16BrN3O3S/c1-2-8-18-14(21)10-4-3-5-11(9-10)19-16(24)20-15(22)12-6-7-13(17)23-12/h3-7,9H,2,8H2,1H3,(H,18,21)(H2,19,20,22,24). The van der Waals surface area contributed by atoms with Crippen LogP contribution in [0.4, 0.5) is 5.69 Å². The van der Waals surface area contributed by atoms with Gasteiger partial charge in [-0.15, -0.1) is 0 Å². The average molecular weight is 410 g/mol. The Hall–Kier alpha value is -2.19. The Morgan fingerprint density at radius 2 is 2.00 bits per heavy atom. The van der Waals surface area contributed by atoms with Crippen molar-refractivity contribution in [3.8, 4) is 0 Å². The molecule has 0 aliphatic carbocycles. The fraction of sp³-hybridized carbons (Fsp3) is 0.188. The van der Waals surface area contributed by atoms with Gasteiger partial charge in [-0.05, 0) is 64.9 Å². The second-order valence-electron chi connectivity index (χ2n) is 4.85. The van der Waals surface area contributed by atoms with E-state index in [0.717, 1.165) is 6.42 Å². The first-order chi connectivity index (χ1) is 11.5. The molecule has 0 aliphatic rings. The quantitative estimate of drug-likeness (QED) is 0.659. The Kier molecular flexibility index (Phi) is 6.51. The van der Waals surface area contributed by atoms with Gasteiger partial charge in [0.25, 0.3) is 11.8 Å². The molecule has 126 valence electrons. The largest absolute Gasteiger partial charge is 0.444 e. The third kappa shape index (κ3) is 5.17. The van der Waals surface area contributed by atoms with Crippen molar-refractivity contribution in [3.63, 3.8) is 0 Å². The van der Waals surface area contributed by atoms with Crippen LogP contribution in [0.15, 0.2) is 45.5 Å². The molecule has 0 fully saturated rings. The maximum absolute atomic E-state index is 11.9. The molecule has 0 unspecified atom stereocenters. The Balaban J connectivity index is 1.96. The highest BCUT2D eigenvalue weighted by Crippen LogP contribution is 2.14. The summed E-state index contributed by atoms with van der Waals surface area (Å²) in [6.45, 7) is 2.60. The predicted molar refractivity (Wildman–Crippen MR) is 99.2 cm³/mol. The zero-order valence-electron chi connectivity index (χ0n) is 12.9. The van der Waals surface area contributed by atoms with E-state index in [9.17, 15) is 9.59 Å². The summed E-state index contributed by atoms with van der Waals surface area (Å²) in [4.78, 5) is 23.9. The Morgan fingerprint density at radius 3 is 2.67 bits per heavy atom. The number of nitrogens with one attached hydrogen (secondary N) is 3. The van der Waals surface area contributed by atoms with E-state index in [0.29, 0.717) is 22.5 Å². The van der Waals surface area contributed by atoms with Gasteiger partial charge in [-0.1, -0.05) is 13.0 Å². The zero-order chi connectivity index (χ0) is 17.5. The number of benzene rings is 1. The lowest BCUT2D eigenvalue weighted by Gasteiger charge is -2.10. The molecule has 2 aromatic rings. The van der Waals surface area contributed by atoms with Crippen LogP contribution in [-0.4, -0.2) is 23.5 Å². The maximum Gasteiger partial charge on any atom is 0.293 e. The number of hydrogen-bond acceptors (Lipinski definition) is 4. The van der Waals surface area contributed by atoms with Crippen LogP contribution in [0.3, 0.4) is 0 Å². The van der Waals surface area contributed by atoms with Crippen LogP contribution >= 0.6 is 28.1 Å². The highest BCUT2D eigenvalue weighted by Gasteiger charge is 2.12. The first kappa shape index (κ1) is 18.2. The summed E-state index contributed by atoms with van der Waals surface area (Å²) in [5.74, 6) is -0.482. The lowest BCUT2D eigenvalue weighted by Crippen LogP contribution is -2.34. The van der Waals surface area contributed by atoms with Crippen molar-refractivity contribution in [3.05, 3.63) is 52.4 Å². The average Bonchev–Trinajstić information content (AvgIpc) is 2.99. The monoisotopic (exact) mass is 409 g/mol. The SMILES string of the molecule is CCCNC(=O)c1cccc(NC(=S)NC(=O)c2ccc(Br)o2)c1. The normalized spacial score (nSPS) is 10.1. The van der Waals surface area contributed by atoms with Crippen molar-refractivity contribution in [1.82, 2.24) is 10.6 Å². The smallest absolute Gasteiger partial charge is 0.293 e. The van der Waals surface area contributed by atoms with Gasteiger partial charge in [0.1, 0.15) is 0 Å². The number of furan rings is 1. The summed E-state index contributed by atoms with van der Waals surface area (Å²) in [6.07, 6.45) is 0.864. The van der Waals surface area contributed by atoms with Crippen LogP contribution in [0.2, 0.25) is 0 Å². The Labute approximate surface area is 153 Å². The second kappa shape index (κ2) is 8.60.